The van der Waals surface area contributed by atoms with Crippen LogP contribution in [0.15, 0.2) is 0 Å². The van der Waals surface area contributed by atoms with E-state index in [1.165, 1.54) is 0 Å². The average molecular weight is 591 g/mol. The van der Waals surface area contributed by atoms with E-state index in [1.54, 1.807) is 0 Å². The molecule has 0 aliphatic carbocycles. The summed E-state index contributed by atoms with van der Waals surface area (Å²) in [5, 5.41) is 0. The van der Waals surface area contributed by atoms with Crippen molar-refractivity contribution in [2.24, 2.45) is 0 Å². The Kier molecular flexibility index (Phi) is 119. The van der Waals surface area contributed by atoms with E-state index < -0.39 is 0 Å². The molecule has 0 fully saturated rings. The van der Waals surface area contributed by atoms with Crippen molar-refractivity contribution in [1.29, 1.82) is 0 Å². The zero-order valence-electron chi connectivity index (χ0n) is 4.72. The summed E-state index contributed by atoms with van der Waals surface area (Å²) >= 11 is 0.500. The predicted molar refractivity (Wildman–Crippen MR) is 18.6 cm³/mol. The fraction of sp³-hybridized carbons (Fsp3) is 0. The second-order valence-corrected chi connectivity index (χ2v) is 0. The minimum atomic E-state index is 0. The van der Waals surface area contributed by atoms with E-state index in [-0.39, 0.29) is 96.9 Å². The monoisotopic (exact) mass is 592 g/mol. The summed E-state index contributed by atoms with van der Waals surface area (Å²) in [7, 11) is 0. The molecule has 1 nitrogen and oxygen atoms in total. The van der Waals surface area contributed by atoms with Crippen LogP contribution in [0, 0.1) is 0 Å². The van der Waals surface area contributed by atoms with Crippen LogP contribution in [0.25, 0.3) is 0 Å². The van der Waals surface area contributed by atoms with E-state index in [4.69, 9.17) is 3.25 Å². The van der Waals surface area contributed by atoms with Gasteiger partial charge < -0.3 is 2.85 Å². The second-order valence-electron chi connectivity index (χ2n) is 0. The van der Waals surface area contributed by atoms with E-state index in [9.17, 15) is 0 Å². The largest absolute Gasteiger partial charge is 2.00 e. The van der Waals surface area contributed by atoms with Crippen LogP contribution in [0.3, 0.4) is 0 Å². The van der Waals surface area contributed by atoms with Gasteiger partial charge >= 0.3 is 96.0 Å². The van der Waals surface area contributed by atoms with Crippen molar-refractivity contribution in [2.75, 3.05) is 0 Å². The van der Waals surface area contributed by atoms with Gasteiger partial charge in [-0.05, 0) is 0 Å². The van der Waals surface area contributed by atoms with Crippen molar-refractivity contribution < 1.29 is 49.5 Å². The first kappa shape index (κ1) is 23.4. The fourth-order valence-corrected chi connectivity index (χ4v) is 0. The van der Waals surface area contributed by atoms with Gasteiger partial charge in [0.05, 0.1) is 0 Å². The smallest absolute Gasteiger partial charge is 0 e. The Balaban J connectivity index is -0.000000000500. The van der Waals surface area contributed by atoms with Gasteiger partial charge in [-0.15, -0.1) is 0 Å². The molecular weight excluding hydrogens is 586 g/mol. The van der Waals surface area contributed by atoms with Crippen molar-refractivity contribution in [3.63, 3.8) is 0 Å². The van der Waals surface area contributed by atoms with Gasteiger partial charge in [-0.3, -0.25) is 0 Å². The van der Waals surface area contributed by atoms with Crippen molar-refractivity contribution in [3.05, 3.63) is 0 Å². The third kappa shape index (κ3) is 18.3. The normalized spacial score (nSPS) is 0.600. The Morgan fingerprint density at radius 1 is 1.40 bits per heavy atom. The summed E-state index contributed by atoms with van der Waals surface area (Å²) in [5.41, 5.74) is 0. The SMILES string of the molecule is [BiH3].[H-].[H-].[O]=[Nb].[Sr+2].[Ta]. The molecular formula is H5BiNbOSrTa. The molecule has 5 heteroatoms. The minimum absolute atomic E-state index is 0. The maximum Gasteiger partial charge on any atom is 2.00 e. The van der Waals surface area contributed by atoms with Crippen molar-refractivity contribution >= 4 is 71.7 Å². The predicted octanol–water partition coefficient (Wildman–Crippen LogP) is -1.46. The van der Waals surface area contributed by atoms with Gasteiger partial charge in [-0.25, -0.2) is 0 Å². The van der Waals surface area contributed by atoms with Crippen LogP contribution in [0.5, 0.6) is 0 Å². The van der Waals surface area contributed by atoms with Crippen LogP contribution in [0.1, 0.15) is 2.85 Å². The molecule has 5 heavy (non-hydrogen) atoms. The van der Waals surface area contributed by atoms with Crippen LogP contribution in [0.4, 0.5) is 0 Å². The molecule has 0 atom stereocenters. The van der Waals surface area contributed by atoms with Crippen LogP contribution >= 0.6 is 0 Å². The third-order valence-corrected chi connectivity index (χ3v) is 0. The molecule has 0 amide bonds. The Bertz CT molecular complexity index is 17.7. The molecule has 0 aromatic rings. The van der Waals surface area contributed by atoms with Crippen LogP contribution < -0.4 is 0 Å². The van der Waals surface area contributed by atoms with Crippen LogP contribution in [-0.2, 0) is 46.7 Å². The number of hydrogen-bond acceptors (Lipinski definition) is 1. The van der Waals surface area contributed by atoms with E-state index in [1.807, 2.05) is 0 Å². The second kappa shape index (κ2) is 25.4. The first-order chi connectivity index (χ1) is 1.00. The average Bonchev–Trinajstić information content (AvgIpc) is 1.00. The Morgan fingerprint density at radius 2 is 1.40 bits per heavy atom. The fourth-order valence-electron chi connectivity index (χ4n) is 0. The molecule has 0 spiro atoms. The first-order valence-corrected chi connectivity index (χ1v) is 1.08. The van der Waals surface area contributed by atoms with Gasteiger partial charge in [0.15, 0.2) is 0 Å². The molecule has 0 bridgehead atoms. The van der Waals surface area contributed by atoms with Gasteiger partial charge in [0.1, 0.15) is 0 Å². The maximum absolute atomic E-state index is 8.30. The standard InChI is InChI=1S/Bi.Nb.O.Sr.Ta.5H/q;;;+2;;;;;2*-1. The summed E-state index contributed by atoms with van der Waals surface area (Å²) in [6.45, 7) is 0. The zero-order valence-corrected chi connectivity index (χ0v) is 17.1. The van der Waals surface area contributed by atoms with Gasteiger partial charge in [-0.2, -0.15) is 0 Å². The quantitative estimate of drug-likeness (QED) is 0.315. The Hall–Kier alpha value is 3.64. The van der Waals surface area contributed by atoms with E-state index in [0.29, 0.717) is 21.0 Å². The van der Waals surface area contributed by atoms with Gasteiger partial charge in [0.25, 0.3) is 0 Å². The maximum atomic E-state index is 8.30. The van der Waals surface area contributed by atoms with E-state index in [0.717, 1.165) is 0 Å². The molecule has 0 aliphatic rings. The van der Waals surface area contributed by atoms with Crippen LogP contribution in [-0.4, -0.2) is 71.7 Å². The third-order valence-electron chi connectivity index (χ3n) is 0. The minimum Gasteiger partial charge on any atom is 0 e. The van der Waals surface area contributed by atoms with Gasteiger partial charge in [-0.1, -0.05) is 0 Å². The molecule has 28 valence electrons. The van der Waals surface area contributed by atoms with Crippen LogP contribution in [0.2, 0.25) is 0 Å². The first-order valence-electron chi connectivity index (χ1n) is 0.183. The molecule has 0 saturated heterocycles. The summed E-state index contributed by atoms with van der Waals surface area (Å²) in [6.07, 6.45) is 0. The molecule has 0 rings (SSSR count). The molecule has 0 heterocycles. The zero-order chi connectivity index (χ0) is 2.00. The van der Waals surface area contributed by atoms with Crippen molar-refractivity contribution in [3.8, 4) is 0 Å². The topological polar surface area (TPSA) is 17.1 Å². The molecule has 0 saturated carbocycles. The molecule has 0 aromatic heterocycles. The molecule has 0 aliphatic heterocycles. The van der Waals surface area contributed by atoms with Gasteiger partial charge in [0.2, 0.25) is 0 Å². The van der Waals surface area contributed by atoms with Crippen molar-refractivity contribution in [2.45, 2.75) is 0 Å². The summed E-state index contributed by atoms with van der Waals surface area (Å²) in [4.78, 5) is 0. The summed E-state index contributed by atoms with van der Waals surface area (Å²) < 4.78 is 8.30. The van der Waals surface area contributed by atoms with Gasteiger partial charge in [0, 0.05) is 22.4 Å². The molecule has 0 N–H and O–H groups in total. The molecule has 0 unspecified atom stereocenters. The molecule has 0 aromatic carbocycles. The number of hydrogen-bond donors (Lipinski definition) is 0. The van der Waals surface area contributed by atoms with Crippen molar-refractivity contribution in [1.82, 2.24) is 0 Å². The Labute approximate surface area is 118 Å². The summed E-state index contributed by atoms with van der Waals surface area (Å²) in [6, 6.07) is 0. The summed E-state index contributed by atoms with van der Waals surface area (Å²) in [5.74, 6) is 0. The molecule has 1 radical (unpaired) electrons. The van der Waals surface area contributed by atoms with E-state index in [2.05, 4.69) is 0 Å². The number of rotatable bonds is 0. The Morgan fingerprint density at radius 3 is 1.40 bits per heavy atom. The van der Waals surface area contributed by atoms with E-state index >= 15 is 0 Å².